The van der Waals surface area contributed by atoms with E-state index in [2.05, 4.69) is 41.1 Å². The standard InChI is InChI=1S/C13H17BrO2/c1-13(6-2-3-7-15)12-5-4-11(14)8-10(12)9-16-13/h4-5,8,15H,2-3,6-7,9H2,1H3. The Hall–Kier alpha value is -0.380. The van der Waals surface area contributed by atoms with Crippen molar-refractivity contribution in [1.82, 2.24) is 0 Å². The van der Waals surface area contributed by atoms with Crippen LogP contribution in [0.4, 0.5) is 0 Å². The van der Waals surface area contributed by atoms with Crippen LogP contribution in [0.25, 0.3) is 0 Å². The van der Waals surface area contributed by atoms with Crippen LogP contribution in [0.1, 0.15) is 37.3 Å². The van der Waals surface area contributed by atoms with Crippen molar-refractivity contribution in [3.63, 3.8) is 0 Å². The van der Waals surface area contributed by atoms with Gasteiger partial charge < -0.3 is 9.84 Å². The topological polar surface area (TPSA) is 29.5 Å². The fourth-order valence-electron chi connectivity index (χ4n) is 2.29. The van der Waals surface area contributed by atoms with E-state index in [0.717, 1.165) is 23.7 Å². The molecule has 0 bridgehead atoms. The number of fused-ring (bicyclic) bond motifs is 1. The maximum atomic E-state index is 8.81. The smallest absolute Gasteiger partial charge is 0.0911 e. The van der Waals surface area contributed by atoms with Crippen molar-refractivity contribution in [2.45, 2.75) is 38.4 Å². The van der Waals surface area contributed by atoms with Crippen LogP contribution in [0, 0.1) is 0 Å². The fraction of sp³-hybridized carbons (Fsp3) is 0.538. The van der Waals surface area contributed by atoms with Gasteiger partial charge in [-0.05, 0) is 49.4 Å². The molecule has 0 saturated carbocycles. The molecule has 1 aliphatic heterocycles. The summed E-state index contributed by atoms with van der Waals surface area (Å²) in [6.45, 7) is 3.11. The largest absolute Gasteiger partial charge is 0.396 e. The number of aliphatic hydroxyl groups is 1. The van der Waals surface area contributed by atoms with Crippen molar-refractivity contribution in [2.75, 3.05) is 6.61 Å². The molecule has 1 atom stereocenters. The summed E-state index contributed by atoms with van der Waals surface area (Å²) < 4.78 is 7.02. The summed E-state index contributed by atoms with van der Waals surface area (Å²) in [5.74, 6) is 0. The first-order valence-electron chi connectivity index (χ1n) is 5.69. The molecule has 1 heterocycles. The molecule has 1 aliphatic rings. The minimum absolute atomic E-state index is 0.162. The number of rotatable bonds is 4. The summed E-state index contributed by atoms with van der Waals surface area (Å²) in [6.07, 6.45) is 2.83. The highest BCUT2D eigenvalue weighted by Gasteiger charge is 2.34. The maximum Gasteiger partial charge on any atom is 0.0911 e. The maximum absolute atomic E-state index is 8.81. The second-order valence-corrected chi connectivity index (χ2v) is 5.42. The summed E-state index contributed by atoms with van der Waals surface area (Å²) in [5, 5.41) is 8.81. The number of hydrogen-bond acceptors (Lipinski definition) is 2. The Bertz CT molecular complexity index is 378. The molecule has 1 N–H and O–H groups in total. The highest BCUT2D eigenvalue weighted by molar-refractivity contribution is 9.10. The summed E-state index contributed by atoms with van der Waals surface area (Å²) in [6, 6.07) is 6.34. The molecule has 88 valence electrons. The number of ether oxygens (including phenoxy) is 1. The van der Waals surface area contributed by atoms with Gasteiger partial charge >= 0.3 is 0 Å². The molecule has 0 radical (unpaired) electrons. The number of unbranched alkanes of at least 4 members (excludes halogenated alkanes) is 1. The highest BCUT2D eigenvalue weighted by atomic mass is 79.9. The molecule has 0 spiro atoms. The second-order valence-electron chi connectivity index (χ2n) is 4.50. The van der Waals surface area contributed by atoms with Gasteiger partial charge in [0.2, 0.25) is 0 Å². The zero-order valence-electron chi connectivity index (χ0n) is 9.50. The van der Waals surface area contributed by atoms with E-state index in [1.54, 1.807) is 0 Å². The van der Waals surface area contributed by atoms with E-state index in [0.29, 0.717) is 6.61 Å². The van der Waals surface area contributed by atoms with Crippen molar-refractivity contribution in [1.29, 1.82) is 0 Å². The van der Waals surface area contributed by atoms with E-state index in [-0.39, 0.29) is 12.2 Å². The van der Waals surface area contributed by atoms with Crippen LogP contribution in [-0.4, -0.2) is 11.7 Å². The summed E-state index contributed by atoms with van der Waals surface area (Å²) in [4.78, 5) is 0. The van der Waals surface area contributed by atoms with Gasteiger partial charge in [-0.25, -0.2) is 0 Å². The molecule has 2 rings (SSSR count). The Morgan fingerprint density at radius 2 is 2.25 bits per heavy atom. The molecule has 0 saturated heterocycles. The van der Waals surface area contributed by atoms with Gasteiger partial charge in [0.05, 0.1) is 12.2 Å². The first-order chi connectivity index (χ1) is 7.65. The van der Waals surface area contributed by atoms with Crippen LogP contribution in [0.3, 0.4) is 0 Å². The van der Waals surface area contributed by atoms with Crippen LogP contribution in [0.2, 0.25) is 0 Å². The molecule has 0 amide bonds. The van der Waals surface area contributed by atoms with E-state index in [1.807, 2.05) is 0 Å². The average molecular weight is 285 g/mol. The van der Waals surface area contributed by atoms with Crippen LogP contribution in [-0.2, 0) is 16.9 Å². The lowest BCUT2D eigenvalue weighted by Gasteiger charge is -2.24. The molecule has 3 heteroatoms. The van der Waals surface area contributed by atoms with Crippen molar-refractivity contribution in [3.05, 3.63) is 33.8 Å². The lowest BCUT2D eigenvalue weighted by molar-refractivity contribution is -0.0317. The van der Waals surface area contributed by atoms with Gasteiger partial charge in [-0.2, -0.15) is 0 Å². The zero-order valence-corrected chi connectivity index (χ0v) is 11.1. The molecular weight excluding hydrogens is 268 g/mol. The Morgan fingerprint density at radius 3 is 3.00 bits per heavy atom. The molecule has 0 aliphatic carbocycles. The average Bonchev–Trinajstić information content (AvgIpc) is 2.57. The summed E-state index contributed by atoms with van der Waals surface area (Å²) in [5.41, 5.74) is 2.42. The monoisotopic (exact) mass is 284 g/mol. The van der Waals surface area contributed by atoms with Crippen LogP contribution in [0.5, 0.6) is 0 Å². The third-order valence-corrected chi connectivity index (χ3v) is 3.74. The highest BCUT2D eigenvalue weighted by Crippen LogP contribution is 2.40. The zero-order chi connectivity index (χ0) is 11.6. The second kappa shape index (κ2) is 4.86. The van der Waals surface area contributed by atoms with Gasteiger partial charge in [0.25, 0.3) is 0 Å². The van der Waals surface area contributed by atoms with E-state index in [4.69, 9.17) is 9.84 Å². The van der Waals surface area contributed by atoms with Crippen molar-refractivity contribution >= 4 is 15.9 Å². The van der Waals surface area contributed by atoms with Gasteiger partial charge in [0, 0.05) is 11.1 Å². The number of aliphatic hydroxyl groups excluding tert-OH is 1. The Kier molecular flexibility index (Phi) is 3.67. The van der Waals surface area contributed by atoms with Crippen LogP contribution >= 0.6 is 15.9 Å². The first kappa shape index (κ1) is 12.1. The van der Waals surface area contributed by atoms with E-state index in [9.17, 15) is 0 Å². The Balaban J connectivity index is 2.15. The van der Waals surface area contributed by atoms with Crippen molar-refractivity contribution in [3.8, 4) is 0 Å². The van der Waals surface area contributed by atoms with Gasteiger partial charge in [0.15, 0.2) is 0 Å². The lowest BCUT2D eigenvalue weighted by Crippen LogP contribution is -2.20. The van der Waals surface area contributed by atoms with E-state index >= 15 is 0 Å². The SMILES string of the molecule is CC1(CCCCO)OCc2cc(Br)ccc21. The predicted molar refractivity (Wildman–Crippen MR) is 67.2 cm³/mol. The predicted octanol–water partition coefficient (Wildman–Crippen LogP) is 3.36. The number of hydrogen-bond donors (Lipinski definition) is 1. The molecule has 2 nitrogen and oxygen atoms in total. The van der Waals surface area contributed by atoms with Crippen LogP contribution in [0.15, 0.2) is 22.7 Å². The van der Waals surface area contributed by atoms with Gasteiger partial charge in [-0.3, -0.25) is 0 Å². The molecule has 1 aromatic carbocycles. The first-order valence-corrected chi connectivity index (χ1v) is 6.49. The quantitative estimate of drug-likeness (QED) is 0.860. The molecule has 1 unspecified atom stereocenters. The molecule has 0 fully saturated rings. The van der Waals surface area contributed by atoms with Gasteiger partial charge in [-0.1, -0.05) is 22.0 Å². The minimum atomic E-state index is -0.162. The van der Waals surface area contributed by atoms with Gasteiger partial charge in [-0.15, -0.1) is 0 Å². The normalized spacial score (nSPS) is 23.4. The molecular formula is C13H17BrO2. The lowest BCUT2D eigenvalue weighted by atomic mass is 9.89. The number of halogens is 1. The third kappa shape index (κ3) is 2.31. The summed E-state index contributed by atoms with van der Waals surface area (Å²) in [7, 11) is 0. The third-order valence-electron chi connectivity index (χ3n) is 3.25. The molecule has 16 heavy (non-hydrogen) atoms. The van der Waals surface area contributed by atoms with Crippen LogP contribution < -0.4 is 0 Å². The van der Waals surface area contributed by atoms with E-state index < -0.39 is 0 Å². The van der Waals surface area contributed by atoms with E-state index in [1.165, 1.54) is 11.1 Å². The van der Waals surface area contributed by atoms with Crippen molar-refractivity contribution in [2.24, 2.45) is 0 Å². The summed E-state index contributed by atoms with van der Waals surface area (Å²) >= 11 is 3.48. The molecule has 1 aromatic rings. The van der Waals surface area contributed by atoms with Crippen molar-refractivity contribution < 1.29 is 9.84 Å². The Morgan fingerprint density at radius 1 is 1.44 bits per heavy atom. The van der Waals surface area contributed by atoms with Gasteiger partial charge in [0.1, 0.15) is 0 Å². The minimum Gasteiger partial charge on any atom is -0.396 e. The number of benzene rings is 1. The Labute approximate surface area is 105 Å². The fourth-order valence-corrected chi connectivity index (χ4v) is 2.70. The molecule has 0 aromatic heterocycles.